The van der Waals surface area contributed by atoms with Crippen LogP contribution in [0.25, 0.3) is 0 Å². The molecule has 0 saturated carbocycles. The van der Waals surface area contributed by atoms with Gasteiger partial charge >= 0.3 is 46.9 Å². The van der Waals surface area contributed by atoms with Crippen LogP contribution in [0.5, 0.6) is 0 Å². The van der Waals surface area contributed by atoms with Gasteiger partial charge in [-0.1, -0.05) is 0 Å². The molecular formula is H4CaO3ScSi. The Kier molecular flexibility index (Phi) is 25.8. The van der Waals surface area contributed by atoms with Gasteiger partial charge in [0.15, 0.2) is 0 Å². The summed E-state index contributed by atoms with van der Waals surface area (Å²) in [5.41, 5.74) is 0. The number of hydrogen-bond donors (Lipinski definition) is 2. The molecule has 0 heterocycles. The third-order valence-corrected chi connectivity index (χ3v) is 0. The molecule has 0 atom stereocenters. The Morgan fingerprint density at radius 3 is 1.50 bits per heavy atom. The quantitative estimate of drug-likeness (QED) is 0.417. The van der Waals surface area contributed by atoms with Gasteiger partial charge in [-0.3, -0.25) is 4.46 Å². The van der Waals surface area contributed by atoms with Crippen molar-refractivity contribution in [2.75, 3.05) is 0 Å². The van der Waals surface area contributed by atoms with Gasteiger partial charge in [-0.2, -0.15) is 0 Å². The Morgan fingerprint density at radius 2 is 1.50 bits per heavy atom. The van der Waals surface area contributed by atoms with E-state index in [1.165, 1.54) is 0 Å². The molecular weight excluding hydrogens is 161 g/mol. The molecule has 0 aromatic carbocycles. The molecule has 0 aromatic rings. The van der Waals surface area contributed by atoms with Gasteiger partial charge in [0.05, 0.1) is 0 Å². The molecule has 2 N–H and O–H groups in total. The Morgan fingerprint density at radius 1 is 1.50 bits per heavy atom. The van der Waals surface area contributed by atoms with Crippen LogP contribution in [0.2, 0.25) is 0 Å². The number of hydrogen-bond acceptors (Lipinski definition) is 1. The zero-order valence-corrected chi connectivity index (χ0v) is 8.10. The van der Waals surface area contributed by atoms with Crippen LogP contribution in [0, 0.1) is 0 Å². The topological polar surface area (TPSA) is 57.5 Å². The van der Waals surface area contributed by atoms with E-state index in [-0.39, 0.29) is 66.4 Å². The molecule has 0 fully saturated rings. The van der Waals surface area contributed by atoms with Gasteiger partial charge in [0.2, 0.25) is 0 Å². The van der Waals surface area contributed by atoms with E-state index in [1.807, 2.05) is 0 Å². The van der Waals surface area contributed by atoms with Crippen LogP contribution in [-0.2, 0) is 30.3 Å². The summed E-state index contributed by atoms with van der Waals surface area (Å²) in [5, 5.41) is 0. The maximum absolute atomic E-state index is 8.74. The van der Waals surface area contributed by atoms with E-state index in [4.69, 9.17) is 14.1 Å². The molecule has 31 valence electrons. The first-order valence-corrected chi connectivity index (χ1v) is 1.95. The van der Waals surface area contributed by atoms with Gasteiger partial charge in [-0.25, -0.2) is 0 Å². The molecule has 0 aliphatic carbocycles. The normalized spacial score (nSPS) is 4.00. The maximum atomic E-state index is 8.74. The molecule has 0 aliphatic heterocycles. The maximum Gasteiger partial charge on any atom is 2.00 e. The molecule has 6 heteroatoms. The largest absolute Gasteiger partial charge is 2.00 e. The van der Waals surface area contributed by atoms with Crippen molar-refractivity contribution < 1.29 is 42.7 Å². The SMILES string of the molecule is O=[Si](O)O.[Ca+2].[H-].[H-].[Sc]. The van der Waals surface area contributed by atoms with Crippen molar-refractivity contribution in [2.45, 2.75) is 0 Å². The first-order valence-electron chi connectivity index (χ1n) is 0.651. The predicted molar refractivity (Wildman–Crippen MR) is 18.9 cm³/mol. The molecule has 0 amide bonds. The monoisotopic (exact) mass is 165 g/mol. The van der Waals surface area contributed by atoms with Gasteiger partial charge in [0.1, 0.15) is 0 Å². The van der Waals surface area contributed by atoms with Crippen LogP contribution in [0.1, 0.15) is 2.85 Å². The van der Waals surface area contributed by atoms with Crippen molar-refractivity contribution in [2.24, 2.45) is 0 Å². The molecule has 0 unspecified atom stereocenters. The molecule has 0 aromatic heterocycles. The van der Waals surface area contributed by atoms with E-state index < -0.39 is 9.17 Å². The minimum Gasteiger partial charge on any atom is -1.00 e. The van der Waals surface area contributed by atoms with Crippen molar-refractivity contribution in [3.05, 3.63) is 0 Å². The summed E-state index contributed by atoms with van der Waals surface area (Å²) >= 11 is 0. The van der Waals surface area contributed by atoms with Crippen molar-refractivity contribution >= 4 is 46.9 Å². The van der Waals surface area contributed by atoms with E-state index in [9.17, 15) is 0 Å². The van der Waals surface area contributed by atoms with E-state index in [1.54, 1.807) is 0 Å². The molecule has 0 spiro atoms. The second kappa shape index (κ2) is 9.89. The fourth-order valence-electron chi connectivity index (χ4n) is 0. The van der Waals surface area contributed by atoms with E-state index >= 15 is 0 Å². The standard InChI is InChI=1S/Ca.H2O3Si.Sc.2H/c;1-4(2)3;;;/h;1-2H;;;/q+2;;;2*-1. The number of rotatable bonds is 0. The van der Waals surface area contributed by atoms with E-state index in [0.717, 1.165) is 0 Å². The zero-order chi connectivity index (χ0) is 3.58. The van der Waals surface area contributed by atoms with Crippen LogP contribution in [0.15, 0.2) is 0 Å². The van der Waals surface area contributed by atoms with Crippen molar-refractivity contribution in [3.63, 3.8) is 0 Å². The molecule has 0 bridgehead atoms. The van der Waals surface area contributed by atoms with E-state index in [0.29, 0.717) is 0 Å². The van der Waals surface area contributed by atoms with Crippen molar-refractivity contribution in [1.82, 2.24) is 0 Å². The molecule has 0 rings (SSSR count). The Hall–Kier alpha value is 1.75. The molecule has 3 nitrogen and oxygen atoms in total. The van der Waals surface area contributed by atoms with Crippen LogP contribution in [0.4, 0.5) is 0 Å². The summed E-state index contributed by atoms with van der Waals surface area (Å²) in [7, 11) is -3.13. The molecule has 0 saturated heterocycles. The molecule has 0 aliphatic rings. The summed E-state index contributed by atoms with van der Waals surface area (Å²) in [6.45, 7) is 0. The Bertz CT molecular complexity index is 40.3. The minimum absolute atomic E-state index is 0. The van der Waals surface area contributed by atoms with Gasteiger partial charge < -0.3 is 12.4 Å². The van der Waals surface area contributed by atoms with Crippen LogP contribution in [0.3, 0.4) is 0 Å². The summed E-state index contributed by atoms with van der Waals surface area (Å²) in [6.07, 6.45) is 0. The second-order valence-electron chi connectivity index (χ2n) is 0.283. The average Bonchev–Trinajstić information content (AvgIpc) is 0.811. The van der Waals surface area contributed by atoms with Crippen molar-refractivity contribution in [1.29, 1.82) is 0 Å². The summed E-state index contributed by atoms with van der Waals surface area (Å²) in [6, 6.07) is 0. The third-order valence-electron chi connectivity index (χ3n) is 0. The van der Waals surface area contributed by atoms with Crippen LogP contribution in [-0.4, -0.2) is 56.5 Å². The summed E-state index contributed by atoms with van der Waals surface area (Å²) in [5.74, 6) is 0. The summed E-state index contributed by atoms with van der Waals surface area (Å²) < 4.78 is 8.74. The fraction of sp³-hybridized carbons (Fsp3) is 0. The first-order chi connectivity index (χ1) is 1.73. The molecule has 1 radical (unpaired) electrons. The molecule has 6 heavy (non-hydrogen) atoms. The Labute approximate surface area is 88.4 Å². The van der Waals surface area contributed by atoms with Gasteiger partial charge in [0.25, 0.3) is 0 Å². The van der Waals surface area contributed by atoms with Crippen LogP contribution >= 0.6 is 0 Å². The van der Waals surface area contributed by atoms with Crippen molar-refractivity contribution in [3.8, 4) is 0 Å². The zero-order valence-electron chi connectivity index (χ0n) is 5.09. The Balaban J connectivity index is -0.00000000750. The van der Waals surface area contributed by atoms with Gasteiger partial charge in [-0.05, 0) is 0 Å². The van der Waals surface area contributed by atoms with Gasteiger partial charge in [0, 0.05) is 25.8 Å². The fourth-order valence-corrected chi connectivity index (χ4v) is 0. The average molecular weight is 165 g/mol. The van der Waals surface area contributed by atoms with E-state index in [2.05, 4.69) is 0 Å². The van der Waals surface area contributed by atoms with Gasteiger partial charge in [-0.15, -0.1) is 0 Å². The third kappa shape index (κ3) is 42.4. The smallest absolute Gasteiger partial charge is 1.00 e. The minimum atomic E-state index is -3.13. The second-order valence-corrected chi connectivity index (χ2v) is 0.848. The predicted octanol–water partition coefficient (Wildman–Crippen LogP) is -1.77. The summed E-state index contributed by atoms with van der Waals surface area (Å²) in [4.78, 5) is 14.3. The van der Waals surface area contributed by atoms with Crippen LogP contribution < -0.4 is 0 Å². The first kappa shape index (κ1) is 15.7.